The second-order valence-electron chi connectivity index (χ2n) is 10.2. The van der Waals surface area contributed by atoms with Crippen LogP contribution in [-0.4, -0.2) is 0 Å². The molecule has 0 bridgehead atoms. The highest BCUT2D eigenvalue weighted by Gasteiger charge is 2.32. The van der Waals surface area contributed by atoms with E-state index in [1.165, 1.54) is 0 Å². The number of anilines is 2. The summed E-state index contributed by atoms with van der Waals surface area (Å²) in [7, 11) is 2.00. The molecule has 0 radical (unpaired) electrons. The van der Waals surface area contributed by atoms with Crippen molar-refractivity contribution in [3.05, 3.63) is 141 Å². The number of oxazole rings is 1. The zero-order chi connectivity index (χ0) is 29.2. The first-order chi connectivity index (χ1) is 20.4. The van der Waals surface area contributed by atoms with Crippen LogP contribution in [0.15, 0.2) is 107 Å². The summed E-state index contributed by atoms with van der Waals surface area (Å²) in [6, 6.07) is 28.6. The van der Waals surface area contributed by atoms with Crippen LogP contribution in [0.5, 0.6) is 0 Å². The van der Waals surface area contributed by atoms with Crippen molar-refractivity contribution in [2.45, 2.75) is 24.8 Å². The summed E-state index contributed by atoms with van der Waals surface area (Å²) in [5.74, 6) is 2.70. The number of benzene rings is 4. The highest BCUT2D eigenvalue weighted by atomic mass is 35.5. The molecule has 0 spiro atoms. The van der Waals surface area contributed by atoms with Crippen molar-refractivity contribution < 1.29 is 8.98 Å². The van der Waals surface area contributed by atoms with E-state index in [1.807, 2.05) is 60.2 Å². The van der Waals surface area contributed by atoms with Gasteiger partial charge in [0.2, 0.25) is 5.58 Å². The Hall–Kier alpha value is -3.12. The fourth-order valence-corrected chi connectivity index (χ4v) is 5.85. The SMILES string of the molecule is C[n+]1c(C=CC=C2N(Cc3ccc(CCl)cc3)c3cc(Cl)c(Cl)cc3N2Cc2ccc(CCl)cc2)oc2ccccc21.Cl. The molecule has 0 amide bonds. The highest BCUT2D eigenvalue weighted by Crippen LogP contribution is 2.47. The molecule has 0 saturated heterocycles. The van der Waals surface area contributed by atoms with Crippen molar-refractivity contribution >= 4 is 87.4 Å². The van der Waals surface area contributed by atoms with Gasteiger partial charge in [0.05, 0.1) is 27.5 Å². The van der Waals surface area contributed by atoms with Gasteiger partial charge in [-0.15, -0.1) is 35.6 Å². The van der Waals surface area contributed by atoms with E-state index in [9.17, 15) is 0 Å². The van der Waals surface area contributed by atoms with Gasteiger partial charge in [0.1, 0.15) is 12.9 Å². The second kappa shape index (κ2) is 13.7. The predicted octanol–water partition coefficient (Wildman–Crippen LogP) is 10.0. The number of para-hydroxylation sites is 2. The first kappa shape index (κ1) is 31.3. The van der Waals surface area contributed by atoms with Crippen LogP contribution < -0.4 is 14.4 Å². The second-order valence-corrected chi connectivity index (χ2v) is 11.5. The fraction of sp³-hybridized carbons (Fsp3) is 0.147. The number of fused-ring (bicyclic) bond motifs is 2. The maximum atomic E-state index is 6.58. The Balaban J connectivity index is 0.00000368. The molecule has 1 aliphatic heterocycles. The Morgan fingerprint density at radius 3 is 1.70 bits per heavy atom. The van der Waals surface area contributed by atoms with Gasteiger partial charge in [0.15, 0.2) is 0 Å². The number of aromatic nitrogens is 1. The highest BCUT2D eigenvalue weighted by molar-refractivity contribution is 6.42. The van der Waals surface area contributed by atoms with Crippen molar-refractivity contribution in [1.29, 1.82) is 0 Å². The van der Waals surface area contributed by atoms with Crippen LogP contribution in [-0.2, 0) is 31.9 Å². The number of alkyl halides is 2. The van der Waals surface area contributed by atoms with E-state index < -0.39 is 0 Å². The number of hydrogen-bond acceptors (Lipinski definition) is 3. The number of nitrogens with zero attached hydrogens (tertiary/aromatic N) is 3. The Labute approximate surface area is 277 Å². The van der Waals surface area contributed by atoms with Crippen LogP contribution in [0.1, 0.15) is 28.1 Å². The van der Waals surface area contributed by atoms with Crippen molar-refractivity contribution in [2.75, 3.05) is 9.80 Å². The van der Waals surface area contributed by atoms with Crippen LogP contribution >= 0.6 is 58.8 Å². The summed E-state index contributed by atoms with van der Waals surface area (Å²) in [5, 5.41) is 1.02. The lowest BCUT2D eigenvalue weighted by atomic mass is 10.1. The molecule has 6 rings (SSSR count). The van der Waals surface area contributed by atoms with E-state index in [0.717, 1.165) is 56.4 Å². The Kier molecular flexibility index (Phi) is 9.95. The van der Waals surface area contributed by atoms with Gasteiger partial charge in [-0.25, -0.2) is 0 Å². The number of hydrogen-bond donors (Lipinski definition) is 0. The molecular formula is C34H29Cl5N3O+. The first-order valence-electron chi connectivity index (χ1n) is 13.5. The normalized spacial score (nSPS) is 12.7. The Morgan fingerprint density at radius 1 is 0.721 bits per heavy atom. The van der Waals surface area contributed by atoms with Crippen LogP contribution in [0.3, 0.4) is 0 Å². The molecule has 220 valence electrons. The molecule has 5 aromatic rings. The van der Waals surface area contributed by atoms with E-state index in [2.05, 4.69) is 64.4 Å². The van der Waals surface area contributed by atoms with Gasteiger partial charge in [-0.05, 0) is 52.6 Å². The van der Waals surface area contributed by atoms with Gasteiger partial charge in [-0.2, -0.15) is 4.57 Å². The Morgan fingerprint density at radius 2 is 1.21 bits per heavy atom. The largest absolute Gasteiger partial charge is 0.398 e. The maximum absolute atomic E-state index is 6.58. The minimum Gasteiger partial charge on any atom is -0.398 e. The molecule has 0 aliphatic carbocycles. The van der Waals surface area contributed by atoms with E-state index in [1.54, 1.807) is 0 Å². The van der Waals surface area contributed by atoms with Crippen LogP contribution in [0.25, 0.3) is 17.2 Å². The molecule has 2 heterocycles. The third-order valence-electron chi connectivity index (χ3n) is 7.44. The van der Waals surface area contributed by atoms with Crippen molar-refractivity contribution in [3.63, 3.8) is 0 Å². The van der Waals surface area contributed by atoms with Crippen LogP contribution in [0.2, 0.25) is 10.0 Å². The number of aryl methyl sites for hydroxylation is 1. The first-order valence-corrected chi connectivity index (χ1v) is 15.4. The topological polar surface area (TPSA) is 23.5 Å². The minimum atomic E-state index is 0. The summed E-state index contributed by atoms with van der Waals surface area (Å²) in [4.78, 5) is 4.53. The van der Waals surface area contributed by atoms with Gasteiger partial charge in [-0.3, -0.25) is 0 Å². The van der Waals surface area contributed by atoms with Gasteiger partial charge in [0, 0.05) is 30.9 Å². The summed E-state index contributed by atoms with van der Waals surface area (Å²) in [6.07, 6.45) is 6.11. The Bertz CT molecular complexity index is 1710. The number of rotatable bonds is 8. The van der Waals surface area contributed by atoms with Gasteiger partial charge >= 0.3 is 5.89 Å². The molecule has 1 aliphatic rings. The minimum absolute atomic E-state index is 0. The molecule has 1 aromatic heterocycles. The molecule has 4 aromatic carbocycles. The van der Waals surface area contributed by atoms with E-state index >= 15 is 0 Å². The predicted molar refractivity (Wildman–Crippen MR) is 183 cm³/mol. The lowest BCUT2D eigenvalue weighted by molar-refractivity contribution is -0.652. The fourth-order valence-electron chi connectivity index (χ4n) is 5.18. The van der Waals surface area contributed by atoms with Crippen molar-refractivity contribution in [1.82, 2.24) is 0 Å². The van der Waals surface area contributed by atoms with Crippen LogP contribution in [0, 0.1) is 0 Å². The van der Waals surface area contributed by atoms with E-state index in [0.29, 0.717) is 34.9 Å². The zero-order valence-electron chi connectivity index (χ0n) is 23.3. The van der Waals surface area contributed by atoms with E-state index in [4.69, 9.17) is 50.8 Å². The quantitative estimate of drug-likeness (QED) is 0.121. The molecule has 0 fully saturated rings. The van der Waals surface area contributed by atoms with Gasteiger partial charge < -0.3 is 14.2 Å². The average Bonchev–Trinajstić information content (AvgIpc) is 3.47. The lowest BCUT2D eigenvalue weighted by Crippen LogP contribution is -2.29. The van der Waals surface area contributed by atoms with Gasteiger partial charge in [-0.1, -0.05) is 83.9 Å². The van der Waals surface area contributed by atoms with Crippen LogP contribution in [0.4, 0.5) is 11.4 Å². The third-order valence-corrected chi connectivity index (χ3v) is 8.78. The molecule has 0 N–H and O–H groups in total. The molecular weight excluding hydrogens is 644 g/mol. The maximum Gasteiger partial charge on any atom is 0.373 e. The molecule has 4 nitrogen and oxygen atoms in total. The monoisotopic (exact) mass is 670 g/mol. The van der Waals surface area contributed by atoms with Gasteiger partial charge in [0.25, 0.3) is 5.52 Å². The number of halogens is 5. The zero-order valence-corrected chi connectivity index (χ0v) is 27.2. The number of allylic oxidation sites excluding steroid dienone is 2. The lowest BCUT2D eigenvalue weighted by Gasteiger charge is -2.26. The molecule has 43 heavy (non-hydrogen) atoms. The smallest absolute Gasteiger partial charge is 0.373 e. The molecule has 0 saturated carbocycles. The van der Waals surface area contributed by atoms with Crippen molar-refractivity contribution in [3.8, 4) is 0 Å². The standard InChI is InChI=1S/C34H28Cl4N3O.ClH/c1-39-29-5-2-3-6-32(29)42-34(39)8-4-7-33-40(21-25-13-9-23(19-35)10-14-25)30-17-27(37)28(38)18-31(30)41(33)22-26-15-11-24(20-36)12-16-26;/h2-18H,19-22H2,1H3;1H/q+1;. The van der Waals surface area contributed by atoms with Crippen molar-refractivity contribution in [2.24, 2.45) is 7.05 Å². The molecule has 9 heteroatoms. The third kappa shape index (κ3) is 6.55. The molecule has 0 unspecified atom stereocenters. The summed E-state index contributed by atoms with van der Waals surface area (Å²) >= 11 is 25.3. The van der Waals surface area contributed by atoms with E-state index in [-0.39, 0.29) is 12.4 Å². The summed E-state index contributed by atoms with van der Waals surface area (Å²) < 4.78 is 8.15. The summed E-state index contributed by atoms with van der Waals surface area (Å²) in [6.45, 7) is 1.26. The average molecular weight is 673 g/mol. The molecule has 0 atom stereocenters. The summed E-state index contributed by atoms with van der Waals surface area (Å²) in [5.41, 5.74) is 8.29.